The molecule has 0 bridgehead atoms. The number of anilines is 2. The Balaban J connectivity index is 2.11. The lowest BCUT2D eigenvalue weighted by molar-refractivity contribution is -0.139. The Kier molecular flexibility index (Phi) is 8.52. The highest BCUT2D eigenvalue weighted by Gasteiger charge is 2.12. The fourth-order valence-corrected chi connectivity index (χ4v) is 2.48. The number of nitrogens with zero attached hydrogens (tertiary/aromatic N) is 1. The molecule has 0 aliphatic carbocycles. The number of methoxy groups -OCH3 is 1. The molecule has 0 unspecified atom stereocenters. The number of carbonyl (C=O) groups excluding carboxylic acids is 2. The van der Waals surface area contributed by atoms with E-state index < -0.39 is 17.8 Å². The first kappa shape index (κ1) is 22.6. The number of para-hydroxylation sites is 1. The van der Waals surface area contributed by atoms with Crippen molar-refractivity contribution in [2.24, 2.45) is 5.10 Å². The van der Waals surface area contributed by atoms with Gasteiger partial charge in [-0.2, -0.15) is 5.10 Å². The lowest BCUT2D eigenvalue weighted by atomic mass is 10.1. The van der Waals surface area contributed by atoms with Crippen LogP contribution in [0.1, 0.15) is 27.9 Å². The van der Waals surface area contributed by atoms with E-state index in [-0.39, 0.29) is 5.56 Å². The number of carboxylic acid groups (broad SMARTS) is 1. The summed E-state index contributed by atoms with van der Waals surface area (Å²) in [6.45, 7) is 2.71. The Hall–Kier alpha value is -3.72. The lowest BCUT2D eigenvalue weighted by Crippen LogP contribution is -2.38. The molecule has 2 rings (SSSR count). The molecule has 158 valence electrons. The average Bonchev–Trinajstić information content (AvgIpc) is 2.73. The van der Waals surface area contributed by atoms with E-state index >= 15 is 0 Å². The largest absolute Gasteiger partial charge is 0.478 e. The number of amides is 2. The van der Waals surface area contributed by atoms with Gasteiger partial charge in [0.1, 0.15) is 0 Å². The minimum absolute atomic E-state index is 0.0639. The Morgan fingerprint density at radius 1 is 1.10 bits per heavy atom. The van der Waals surface area contributed by atoms with E-state index in [2.05, 4.69) is 21.2 Å². The van der Waals surface area contributed by atoms with Gasteiger partial charge in [-0.05, 0) is 43.2 Å². The van der Waals surface area contributed by atoms with Gasteiger partial charge in [0.25, 0.3) is 0 Å². The highest BCUT2D eigenvalue weighted by atomic mass is 16.5. The normalized spacial score (nSPS) is 10.6. The first-order chi connectivity index (χ1) is 14.4. The summed E-state index contributed by atoms with van der Waals surface area (Å²) < 4.78 is 4.86. The maximum Gasteiger partial charge on any atom is 0.335 e. The van der Waals surface area contributed by atoms with Gasteiger partial charge < -0.3 is 20.5 Å². The average molecular weight is 412 g/mol. The Bertz CT molecular complexity index is 943. The van der Waals surface area contributed by atoms with E-state index in [9.17, 15) is 19.5 Å². The summed E-state index contributed by atoms with van der Waals surface area (Å²) in [5.74, 6) is -2.83. The molecule has 2 aromatic carbocycles. The standard InChI is InChI=1S/C21H24N4O5/c1-14-6-3-4-7-17(14)24-18-9-8-15(21(28)29)12-16(18)13-23-25-20(27)19(26)22-10-5-11-30-2/h3-4,6-9,12-13,24H,5,10-11H2,1-2H3,(H,22,26)(H,25,27)(H,28,29)/b23-13-. The Labute approximate surface area is 174 Å². The number of ether oxygens (including phenoxy) is 1. The van der Waals surface area contributed by atoms with Gasteiger partial charge in [-0.25, -0.2) is 10.2 Å². The van der Waals surface area contributed by atoms with Crippen molar-refractivity contribution in [2.75, 3.05) is 25.6 Å². The van der Waals surface area contributed by atoms with E-state index in [1.54, 1.807) is 13.2 Å². The van der Waals surface area contributed by atoms with Crippen LogP contribution in [0.4, 0.5) is 11.4 Å². The third-order valence-electron chi connectivity index (χ3n) is 4.10. The summed E-state index contributed by atoms with van der Waals surface area (Å²) in [6, 6.07) is 12.1. The molecule has 0 saturated carbocycles. The van der Waals surface area contributed by atoms with Gasteiger partial charge in [0, 0.05) is 37.2 Å². The minimum atomic E-state index is -1.09. The van der Waals surface area contributed by atoms with Crippen LogP contribution in [0.15, 0.2) is 47.6 Å². The molecule has 30 heavy (non-hydrogen) atoms. The van der Waals surface area contributed by atoms with Gasteiger partial charge in [0.05, 0.1) is 11.8 Å². The van der Waals surface area contributed by atoms with Crippen molar-refractivity contribution < 1.29 is 24.2 Å². The zero-order chi connectivity index (χ0) is 21.9. The molecule has 0 radical (unpaired) electrons. The molecule has 0 aliphatic heterocycles. The first-order valence-corrected chi connectivity index (χ1v) is 9.22. The van der Waals surface area contributed by atoms with E-state index in [4.69, 9.17) is 4.74 Å². The van der Waals surface area contributed by atoms with Gasteiger partial charge in [0.15, 0.2) is 0 Å². The lowest BCUT2D eigenvalue weighted by Gasteiger charge is -2.12. The fraction of sp³-hybridized carbons (Fsp3) is 0.238. The van der Waals surface area contributed by atoms with Crippen LogP contribution in [0, 0.1) is 6.92 Å². The molecule has 2 amide bonds. The van der Waals surface area contributed by atoms with Crippen molar-refractivity contribution in [3.05, 3.63) is 59.2 Å². The van der Waals surface area contributed by atoms with Crippen LogP contribution in [0.3, 0.4) is 0 Å². The molecule has 0 fully saturated rings. The first-order valence-electron chi connectivity index (χ1n) is 9.22. The van der Waals surface area contributed by atoms with Gasteiger partial charge in [-0.3, -0.25) is 9.59 Å². The number of hydrogen-bond donors (Lipinski definition) is 4. The zero-order valence-electron chi connectivity index (χ0n) is 16.8. The zero-order valence-corrected chi connectivity index (χ0v) is 16.8. The van der Waals surface area contributed by atoms with E-state index in [0.717, 1.165) is 11.3 Å². The van der Waals surface area contributed by atoms with Crippen molar-refractivity contribution in [1.82, 2.24) is 10.7 Å². The molecule has 4 N–H and O–H groups in total. The second-order valence-corrected chi connectivity index (χ2v) is 6.35. The molecule has 9 heteroatoms. The van der Waals surface area contributed by atoms with Crippen molar-refractivity contribution in [3.8, 4) is 0 Å². The summed E-state index contributed by atoms with van der Waals surface area (Å²) in [4.78, 5) is 34.8. The van der Waals surface area contributed by atoms with Crippen LogP contribution >= 0.6 is 0 Å². The van der Waals surface area contributed by atoms with Crippen LogP contribution in [0.25, 0.3) is 0 Å². The van der Waals surface area contributed by atoms with E-state index in [1.165, 1.54) is 18.3 Å². The summed E-state index contributed by atoms with van der Waals surface area (Å²) in [5, 5.41) is 18.7. The maximum atomic E-state index is 11.8. The minimum Gasteiger partial charge on any atom is -0.478 e. The molecule has 0 saturated heterocycles. The van der Waals surface area contributed by atoms with Crippen molar-refractivity contribution in [2.45, 2.75) is 13.3 Å². The van der Waals surface area contributed by atoms with E-state index in [1.807, 2.05) is 31.2 Å². The molecule has 0 spiro atoms. The van der Waals surface area contributed by atoms with Crippen LogP contribution in [-0.4, -0.2) is 49.4 Å². The smallest absolute Gasteiger partial charge is 0.335 e. The molecule has 0 aliphatic rings. The highest BCUT2D eigenvalue weighted by Crippen LogP contribution is 2.23. The number of aromatic carboxylic acids is 1. The van der Waals surface area contributed by atoms with Crippen molar-refractivity contribution in [3.63, 3.8) is 0 Å². The second kappa shape index (κ2) is 11.3. The van der Waals surface area contributed by atoms with Gasteiger partial charge in [-0.15, -0.1) is 0 Å². The molecule has 0 heterocycles. The predicted molar refractivity (Wildman–Crippen MR) is 113 cm³/mol. The Morgan fingerprint density at radius 3 is 2.57 bits per heavy atom. The molecule has 2 aromatic rings. The second-order valence-electron chi connectivity index (χ2n) is 6.35. The SMILES string of the molecule is COCCCNC(=O)C(=O)N/N=C\c1cc(C(=O)O)ccc1Nc1ccccc1C. The predicted octanol–water partition coefficient (Wildman–Crippen LogP) is 2.04. The van der Waals surface area contributed by atoms with Crippen LogP contribution < -0.4 is 16.1 Å². The summed E-state index contributed by atoms with van der Waals surface area (Å²) in [5.41, 5.74) is 5.07. The maximum absolute atomic E-state index is 11.8. The third kappa shape index (κ3) is 6.71. The van der Waals surface area contributed by atoms with Crippen LogP contribution in [-0.2, 0) is 14.3 Å². The number of carbonyl (C=O) groups is 3. The van der Waals surface area contributed by atoms with Crippen LogP contribution in [0.5, 0.6) is 0 Å². The number of benzene rings is 2. The fourth-order valence-electron chi connectivity index (χ4n) is 2.48. The van der Waals surface area contributed by atoms with Crippen molar-refractivity contribution >= 4 is 35.4 Å². The quantitative estimate of drug-likeness (QED) is 0.216. The molecule has 9 nitrogen and oxygen atoms in total. The monoisotopic (exact) mass is 412 g/mol. The highest BCUT2D eigenvalue weighted by molar-refractivity contribution is 6.35. The third-order valence-corrected chi connectivity index (χ3v) is 4.10. The summed E-state index contributed by atoms with van der Waals surface area (Å²) >= 11 is 0. The number of rotatable bonds is 9. The summed E-state index contributed by atoms with van der Waals surface area (Å²) in [7, 11) is 1.55. The molecule has 0 aromatic heterocycles. The van der Waals surface area contributed by atoms with Crippen molar-refractivity contribution in [1.29, 1.82) is 0 Å². The summed E-state index contributed by atoms with van der Waals surface area (Å²) in [6.07, 6.45) is 1.86. The van der Waals surface area contributed by atoms with Gasteiger partial charge >= 0.3 is 17.8 Å². The molecular formula is C21H24N4O5. The molecule has 0 atom stereocenters. The van der Waals surface area contributed by atoms with E-state index in [0.29, 0.717) is 30.8 Å². The Morgan fingerprint density at radius 2 is 1.87 bits per heavy atom. The van der Waals surface area contributed by atoms with Gasteiger partial charge in [0.2, 0.25) is 0 Å². The number of carboxylic acids is 1. The number of hydrogen-bond acceptors (Lipinski definition) is 6. The molecular weight excluding hydrogens is 388 g/mol. The number of aryl methyl sites for hydroxylation is 1. The topological polar surface area (TPSA) is 129 Å². The van der Waals surface area contributed by atoms with Crippen LogP contribution in [0.2, 0.25) is 0 Å². The van der Waals surface area contributed by atoms with Gasteiger partial charge in [-0.1, -0.05) is 18.2 Å². The number of hydrazone groups is 1. The number of nitrogens with one attached hydrogen (secondary N) is 3.